The molecule has 10 heteroatoms. The molecule has 0 unspecified atom stereocenters. The number of anilines is 1. The number of alkyl halides is 6. The van der Waals surface area contributed by atoms with Crippen molar-refractivity contribution >= 4 is 23.2 Å². The molecule has 0 N–H and O–H groups in total. The third-order valence-corrected chi connectivity index (χ3v) is 2.68. The van der Waals surface area contributed by atoms with Crippen LogP contribution in [0.25, 0.3) is 4.85 Å². The van der Waals surface area contributed by atoms with E-state index >= 15 is 0 Å². The van der Waals surface area contributed by atoms with Gasteiger partial charge in [-0.2, -0.15) is 26.3 Å². The lowest BCUT2D eigenvalue weighted by Gasteiger charge is -2.23. The number of rotatable bonds is 2. The van der Waals surface area contributed by atoms with Crippen LogP contribution in [0.2, 0.25) is 0 Å². The maximum absolute atomic E-state index is 12.9. The predicted molar refractivity (Wildman–Crippen MR) is 71.1 cm³/mol. The first kappa shape index (κ1) is 19.2. The van der Waals surface area contributed by atoms with Gasteiger partial charge in [0.2, 0.25) is 0 Å². The Kier molecular flexibility index (Phi) is 5.08. The third-order valence-electron chi connectivity index (χ3n) is 2.68. The molecule has 0 aliphatic heterocycles. The lowest BCUT2D eigenvalue weighted by atomic mass is 10.1. The van der Waals surface area contributed by atoms with Gasteiger partial charge in [0.1, 0.15) is 0 Å². The summed E-state index contributed by atoms with van der Waals surface area (Å²) in [6.45, 7) is 10.7. The van der Waals surface area contributed by atoms with E-state index in [2.05, 4.69) is 11.4 Å². The minimum atomic E-state index is -5.50. The second-order valence-electron chi connectivity index (χ2n) is 4.53. The first-order valence-electron chi connectivity index (χ1n) is 6.00. The van der Waals surface area contributed by atoms with Gasteiger partial charge >= 0.3 is 18.3 Å². The van der Waals surface area contributed by atoms with E-state index in [4.69, 9.17) is 6.57 Å². The number of carbonyl (C=O) groups excluding carboxylic acids is 2. The summed E-state index contributed by atoms with van der Waals surface area (Å²) in [5.41, 5.74) is -3.90. The molecule has 0 aliphatic rings. The second-order valence-corrected chi connectivity index (χ2v) is 4.53. The van der Waals surface area contributed by atoms with Crippen molar-refractivity contribution in [3.63, 3.8) is 0 Å². The maximum Gasteiger partial charge on any atom is 0.472 e. The number of carbonyl (C=O) groups is 2. The van der Waals surface area contributed by atoms with Gasteiger partial charge in [-0.25, -0.2) is 9.74 Å². The average molecular weight is 350 g/mol. The summed E-state index contributed by atoms with van der Waals surface area (Å²) in [5, 5.41) is 0. The van der Waals surface area contributed by atoms with Crippen molar-refractivity contribution in [3.8, 4) is 0 Å². The standard InChI is InChI=1S/C14H8F6N2O2/c1-7(2)11(23)22(12(24)14(18,19)20)8-4-5-10(21-3)9(6-8)13(15,16)17/h4-6H,1H2,2H3. The normalized spacial score (nSPS) is 11.6. The highest BCUT2D eigenvalue weighted by Crippen LogP contribution is 2.39. The van der Waals surface area contributed by atoms with Crippen LogP contribution in [0.5, 0.6) is 0 Å². The van der Waals surface area contributed by atoms with Gasteiger partial charge in [0.25, 0.3) is 5.91 Å². The summed E-state index contributed by atoms with van der Waals surface area (Å²) in [5.74, 6) is -4.18. The Bertz CT molecular complexity index is 743. The van der Waals surface area contributed by atoms with Crippen LogP contribution >= 0.6 is 0 Å². The molecular formula is C14H8F6N2O2. The lowest BCUT2D eigenvalue weighted by Crippen LogP contribution is -2.45. The van der Waals surface area contributed by atoms with E-state index in [1.165, 1.54) is 0 Å². The summed E-state index contributed by atoms with van der Waals surface area (Å²) >= 11 is 0. The van der Waals surface area contributed by atoms with Crippen LogP contribution in [0, 0.1) is 6.57 Å². The Balaban J connectivity index is 3.62. The molecular weight excluding hydrogens is 342 g/mol. The van der Waals surface area contributed by atoms with Crippen molar-refractivity contribution in [2.45, 2.75) is 19.3 Å². The van der Waals surface area contributed by atoms with E-state index in [9.17, 15) is 35.9 Å². The van der Waals surface area contributed by atoms with Crippen molar-refractivity contribution in [2.75, 3.05) is 4.90 Å². The predicted octanol–water partition coefficient (Wildman–Crippen LogP) is 4.25. The Labute approximate surface area is 131 Å². The Morgan fingerprint density at radius 2 is 1.71 bits per heavy atom. The molecule has 1 rings (SSSR count). The zero-order valence-corrected chi connectivity index (χ0v) is 11.9. The zero-order valence-electron chi connectivity index (χ0n) is 11.9. The number of hydrogen-bond acceptors (Lipinski definition) is 2. The quantitative estimate of drug-likeness (QED) is 0.454. The number of benzene rings is 1. The fourth-order valence-corrected chi connectivity index (χ4v) is 1.63. The summed E-state index contributed by atoms with van der Waals surface area (Å²) < 4.78 is 76.6. The number of amides is 2. The van der Waals surface area contributed by atoms with Gasteiger partial charge in [0.15, 0.2) is 5.69 Å². The van der Waals surface area contributed by atoms with E-state index in [0.717, 1.165) is 6.92 Å². The number of halogens is 6. The summed E-state index contributed by atoms with van der Waals surface area (Å²) in [6, 6.07) is 1.36. The fraction of sp³-hybridized carbons (Fsp3) is 0.214. The molecule has 4 nitrogen and oxygen atoms in total. The van der Waals surface area contributed by atoms with Gasteiger partial charge < -0.3 is 0 Å². The molecule has 0 heterocycles. The topological polar surface area (TPSA) is 41.7 Å². The Morgan fingerprint density at radius 3 is 2.08 bits per heavy atom. The van der Waals surface area contributed by atoms with Gasteiger partial charge in [-0.1, -0.05) is 12.6 Å². The maximum atomic E-state index is 12.9. The van der Waals surface area contributed by atoms with E-state index in [1.54, 1.807) is 0 Å². The van der Waals surface area contributed by atoms with Crippen LogP contribution in [0.4, 0.5) is 37.7 Å². The van der Waals surface area contributed by atoms with Gasteiger partial charge in [-0.15, -0.1) is 0 Å². The zero-order chi connectivity index (χ0) is 18.9. The summed E-state index contributed by atoms with van der Waals surface area (Å²) in [4.78, 5) is 25.4. The summed E-state index contributed by atoms with van der Waals surface area (Å²) in [6.07, 6.45) is -10.6. The van der Waals surface area contributed by atoms with Gasteiger partial charge in [-0.05, 0) is 19.1 Å². The highest BCUT2D eigenvalue weighted by atomic mass is 19.4. The van der Waals surface area contributed by atoms with Gasteiger partial charge in [0.05, 0.1) is 17.8 Å². The van der Waals surface area contributed by atoms with Crippen molar-refractivity contribution in [2.24, 2.45) is 0 Å². The Hall–Kier alpha value is -2.83. The molecule has 0 radical (unpaired) electrons. The van der Waals surface area contributed by atoms with Gasteiger partial charge in [0, 0.05) is 5.57 Å². The minimum Gasteiger partial charge on any atom is -0.269 e. The molecule has 0 spiro atoms. The Morgan fingerprint density at radius 1 is 1.17 bits per heavy atom. The molecule has 0 bridgehead atoms. The molecule has 0 aliphatic carbocycles. The first-order chi connectivity index (χ1) is 10.8. The molecule has 2 amide bonds. The minimum absolute atomic E-state index is 0.137. The largest absolute Gasteiger partial charge is 0.472 e. The van der Waals surface area contributed by atoms with Crippen molar-refractivity contribution < 1.29 is 35.9 Å². The smallest absolute Gasteiger partial charge is 0.269 e. The lowest BCUT2D eigenvalue weighted by molar-refractivity contribution is -0.171. The molecule has 0 fully saturated rings. The average Bonchev–Trinajstić information content (AvgIpc) is 2.45. The molecule has 0 saturated carbocycles. The van der Waals surface area contributed by atoms with E-state index in [1.807, 2.05) is 0 Å². The molecule has 0 saturated heterocycles. The van der Waals surface area contributed by atoms with Crippen LogP contribution in [-0.2, 0) is 15.8 Å². The van der Waals surface area contributed by atoms with Gasteiger partial charge in [-0.3, -0.25) is 9.59 Å². The molecule has 1 aromatic carbocycles. The second kappa shape index (κ2) is 6.35. The van der Waals surface area contributed by atoms with E-state index in [0.29, 0.717) is 12.1 Å². The molecule has 0 atom stereocenters. The number of hydrogen-bond donors (Lipinski definition) is 0. The summed E-state index contributed by atoms with van der Waals surface area (Å²) in [7, 11) is 0. The SMILES string of the molecule is [C-]#[N+]c1ccc(N(C(=O)C(=C)C)C(=O)C(F)(F)F)cc1C(F)(F)F. The fourth-order valence-electron chi connectivity index (χ4n) is 1.63. The molecule has 0 aromatic heterocycles. The van der Waals surface area contributed by atoms with Crippen LogP contribution < -0.4 is 4.90 Å². The van der Waals surface area contributed by atoms with Crippen LogP contribution in [0.15, 0.2) is 30.4 Å². The molecule has 128 valence electrons. The molecule has 1 aromatic rings. The molecule has 24 heavy (non-hydrogen) atoms. The highest BCUT2D eigenvalue weighted by Gasteiger charge is 2.46. The van der Waals surface area contributed by atoms with Crippen molar-refractivity contribution in [1.82, 2.24) is 0 Å². The monoisotopic (exact) mass is 350 g/mol. The van der Waals surface area contributed by atoms with Crippen molar-refractivity contribution in [1.29, 1.82) is 0 Å². The third kappa shape index (κ3) is 3.92. The van der Waals surface area contributed by atoms with E-state index in [-0.39, 0.29) is 6.07 Å². The first-order valence-corrected chi connectivity index (χ1v) is 6.00. The van der Waals surface area contributed by atoms with Crippen LogP contribution in [0.3, 0.4) is 0 Å². The van der Waals surface area contributed by atoms with Crippen LogP contribution in [-0.4, -0.2) is 18.0 Å². The van der Waals surface area contributed by atoms with E-state index < -0.39 is 51.6 Å². The number of imide groups is 1. The van der Waals surface area contributed by atoms with Crippen LogP contribution in [0.1, 0.15) is 12.5 Å². The highest BCUT2D eigenvalue weighted by molar-refractivity contribution is 6.21. The number of nitrogens with zero attached hydrogens (tertiary/aromatic N) is 2. The van der Waals surface area contributed by atoms with Crippen molar-refractivity contribution in [3.05, 3.63) is 47.3 Å².